The second-order valence-electron chi connectivity index (χ2n) is 6.73. The summed E-state index contributed by atoms with van der Waals surface area (Å²) in [5, 5.41) is 0. The smallest absolute Gasteiger partial charge is 0.225 e. The standard InChI is InChI=1S/C18H22N4O2S/c23-25(24)13-16-17(14-25)22(18-19-8-4-9-20-18)12-11-21(16)10-7-15-5-2-1-3-6-15/h1-6,8-9,16-17H,7,10-14H2/t16-,17+/m0/s1. The summed E-state index contributed by atoms with van der Waals surface area (Å²) in [6.07, 6.45) is 4.36. The number of fused-ring (bicyclic) bond motifs is 1. The van der Waals surface area contributed by atoms with Gasteiger partial charge in [-0.25, -0.2) is 18.4 Å². The molecule has 2 aliphatic heterocycles. The molecule has 25 heavy (non-hydrogen) atoms. The fourth-order valence-electron chi connectivity index (χ4n) is 3.91. The van der Waals surface area contributed by atoms with Gasteiger partial charge in [0, 0.05) is 38.1 Å². The molecule has 0 radical (unpaired) electrons. The van der Waals surface area contributed by atoms with Crippen LogP contribution in [0.25, 0.3) is 0 Å². The molecule has 0 spiro atoms. The Bertz CT molecular complexity index is 813. The minimum Gasteiger partial charge on any atom is -0.334 e. The highest BCUT2D eigenvalue weighted by molar-refractivity contribution is 7.91. The molecule has 2 aliphatic rings. The quantitative estimate of drug-likeness (QED) is 0.813. The van der Waals surface area contributed by atoms with Crippen LogP contribution >= 0.6 is 0 Å². The van der Waals surface area contributed by atoms with Crippen molar-refractivity contribution in [3.8, 4) is 0 Å². The van der Waals surface area contributed by atoms with Gasteiger partial charge in [-0.05, 0) is 18.1 Å². The van der Waals surface area contributed by atoms with Crippen molar-refractivity contribution in [2.45, 2.75) is 18.5 Å². The largest absolute Gasteiger partial charge is 0.334 e. The van der Waals surface area contributed by atoms with Crippen molar-refractivity contribution in [1.29, 1.82) is 0 Å². The third kappa shape index (κ3) is 3.52. The summed E-state index contributed by atoms with van der Waals surface area (Å²) in [5.74, 6) is 1.06. The van der Waals surface area contributed by atoms with Gasteiger partial charge >= 0.3 is 0 Å². The van der Waals surface area contributed by atoms with Gasteiger partial charge in [0.2, 0.25) is 5.95 Å². The molecule has 2 aromatic rings. The molecule has 6 nitrogen and oxygen atoms in total. The van der Waals surface area contributed by atoms with Gasteiger partial charge in [-0.3, -0.25) is 4.90 Å². The van der Waals surface area contributed by atoms with Gasteiger partial charge in [0.25, 0.3) is 0 Å². The SMILES string of the molecule is O=S1(=O)C[C@@H]2[C@H](C1)N(CCc1ccccc1)CCN2c1ncccn1. The molecule has 7 heteroatoms. The van der Waals surface area contributed by atoms with Gasteiger partial charge in [0.05, 0.1) is 17.5 Å². The number of hydrogen-bond acceptors (Lipinski definition) is 6. The van der Waals surface area contributed by atoms with Gasteiger partial charge < -0.3 is 4.90 Å². The lowest BCUT2D eigenvalue weighted by Crippen LogP contribution is -2.60. The van der Waals surface area contributed by atoms with E-state index in [-0.39, 0.29) is 23.6 Å². The Morgan fingerprint density at radius 2 is 1.68 bits per heavy atom. The number of benzene rings is 1. The Balaban J connectivity index is 1.52. The Morgan fingerprint density at radius 1 is 0.960 bits per heavy atom. The average Bonchev–Trinajstić information content (AvgIpc) is 2.96. The van der Waals surface area contributed by atoms with E-state index in [0.29, 0.717) is 5.95 Å². The maximum absolute atomic E-state index is 12.3. The summed E-state index contributed by atoms with van der Waals surface area (Å²) in [6.45, 7) is 2.47. The first-order chi connectivity index (χ1) is 12.1. The third-order valence-electron chi connectivity index (χ3n) is 5.13. The van der Waals surface area contributed by atoms with Crippen LogP contribution in [0.1, 0.15) is 5.56 Å². The zero-order valence-corrected chi connectivity index (χ0v) is 14.8. The van der Waals surface area contributed by atoms with E-state index in [0.717, 1.165) is 26.1 Å². The predicted molar refractivity (Wildman–Crippen MR) is 97.3 cm³/mol. The Morgan fingerprint density at radius 3 is 2.44 bits per heavy atom. The highest BCUT2D eigenvalue weighted by Gasteiger charge is 2.47. The fraction of sp³-hybridized carbons (Fsp3) is 0.444. The van der Waals surface area contributed by atoms with Gasteiger partial charge in [0.1, 0.15) is 0 Å². The molecule has 1 aromatic carbocycles. The lowest BCUT2D eigenvalue weighted by Gasteiger charge is -2.43. The van der Waals surface area contributed by atoms with Crippen molar-refractivity contribution in [3.05, 3.63) is 54.4 Å². The summed E-state index contributed by atoms with van der Waals surface area (Å²) < 4.78 is 24.6. The lowest BCUT2D eigenvalue weighted by atomic mass is 10.0. The molecule has 2 saturated heterocycles. The van der Waals surface area contributed by atoms with Crippen molar-refractivity contribution in [3.63, 3.8) is 0 Å². The minimum absolute atomic E-state index is 0.0197. The number of rotatable bonds is 4. The van der Waals surface area contributed by atoms with Crippen molar-refractivity contribution < 1.29 is 8.42 Å². The van der Waals surface area contributed by atoms with E-state index in [4.69, 9.17) is 0 Å². The number of anilines is 1. The van der Waals surface area contributed by atoms with Crippen LogP contribution in [0.3, 0.4) is 0 Å². The third-order valence-corrected chi connectivity index (χ3v) is 6.83. The molecule has 132 valence electrons. The van der Waals surface area contributed by atoms with Crippen LogP contribution in [-0.4, -0.2) is 66.5 Å². The van der Waals surface area contributed by atoms with Gasteiger partial charge in [0.15, 0.2) is 9.84 Å². The highest BCUT2D eigenvalue weighted by Crippen LogP contribution is 2.29. The van der Waals surface area contributed by atoms with Crippen LogP contribution in [0.15, 0.2) is 48.8 Å². The second kappa shape index (κ2) is 6.72. The van der Waals surface area contributed by atoms with Crippen LogP contribution in [0.2, 0.25) is 0 Å². The molecule has 4 rings (SSSR count). The monoisotopic (exact) mass is 358 g/mol. The summed E-state index contributed by atoms with van der Waals surface area (Å²) in [7, 11) is -3.02. The van der Waals surface area contributed by atoms with E-state index in [9.17, 15) is 8.42 Å². The zero-order valence-electron chi connectivity index (χ0n) is 14.0. The lowest BCUT2D eigenvalue weighted by molar-refractivity contribution is 0.169. The average molecular weight is 358 g/mol. The van der Waals surface area contributed by atoms with E-state index in [1.807, 2.05) is 18.2 Å². The summed E-state index contributed by atoms with van der Waals surface area (Å²) in [5.41, 5.74) is 1.29. The molecule has 2 atom stereocenters. The van der Waals surface area contributed by atoms with Crippen LogP contribution in [0, 0.1) is 0 Å². The number of piperazine rings is 1. The topological polar surface area (TPSA) is 66.4 Å². The van der Waals surface area contributed by atoms with E-state index >= 15 is 0 Å². The number of aromatic nitrogens is 2. The number of sulfone groups is 1. The molecule has 0 N–H and O–H groups in total. The van der Waals surface area contributed by atoms with Crippen LogP contribution in [0.5, 0.6) is 0 Å². The maximum atomic E-state index is 12.3. The predicted octanol–water partition coefficient (Wildman–Crippen LogP) is 1.01. The molecule has 0 aliphatic carbocycles. The van der Waals surface area contributed by atoms with Crippen LogP contribution < -0.4 is 4.90 Å². The molecule has 0 saturated carbocycles. The molecule has 0 unspecified atom stereocenters. The minimum atomic E-state index is -3.02. The van der Waals surface area contributed by atoms with Crippen LogP contribution in [-0.2, 0) is 16.3 Å². The van der Waals surface area contributed by atoms with Crippen molar-refractivity contribution in [1.82, 2.24) is 14.9 Å². The van der Waals surface area contributed by atoms with E-state index < -0.39 is 9.84 Å². The Hall–Kier alpha value is -1.99. The first kappa shape index (κ1) is 16.5. The number of hydrogen-bond donors (Lipinski definition) is 0. The van der Waals surface area contributed by atoms with Gasteiger partial charge in [-0.1, -0.05) is 30.3 Å². The molecule has 0 bridgehead atoms. The van der Waals surface area contributed by atoms with Crippen molar-refractivity contribution in [2.24, 2.45) is 0 Å². The first-order valence-electron chi connectivity index (χ1n) is 8.64. The normalized spacial score (nSPS) is 25.7. The van der Waals surface area contributed by atoms with Crippen molar-refractivity contribution >= 4 is 15.8 Å². The maximum Gasteiger partial charge on any atom is 0.225 e. The zero-order chi connectivity index (χ0) is 17.3. The Kier molecular flexibility index (Phi) is 4.43. The first-order valence-corrected chi connectivity index (χ1v) is 10.5. The number of nitrogens with zero attached hydrogens (tertiary/aromatic N) is 4. The molecule has 0 amide bonds. The Labute approximate surface area is 148 Å². The van der Waals surface area contributed by atoms with E-state index in [1.54, 1.807) is 18.5 Å². The van der Waals surface area contributed by atoms with Crippen LogP contribution in [0.4, 0.5) is 5.95 Å². The summed E-state index contributed by atoms with van der Waals surface area (Å²) in [6, 6.07) is 12.1. The summed E-state index contributed by atoms with van der Waals surface area (Å²) in [4.78, 5) is 13.1. The molecule has 2 fully saturated rings. The molecule has 3 heterocycles. The summed E-state index contributed by atoms with van der Waals surface area (Å²) >= 11 is 0. The van der Waals surface area contributed by atoms with Gasteiger partial charge in [-0.15, -0.1) is 0 Å². The molecular weight excluding hydrogens is 336 g/mol. The molecule has 1 aromatic heterocycles. The van der Waals surface area contributed by atoms with E-state index in [1.165, 1.54) is 5.56 Å². The van der Waals surface area contributed by atoms with Crippen molar-refractivity contribution in [2.75, 3.05) is 36.0 Å². The van der Waals surface area contributed by atoms with Gasteiger partial charge in [-0.2, -0.15) is 0 Å². The highest BCUT2D eigenvalue weighted by atomic mass is 32.2. The fourth-order valence-corrected chi connectivity index (χ4v) is 5.92. The molecular formula is C18H22N4O2S. The second-order valence-corrected chi connectivity index (χ2v) is 8.88. The van der Waals surface area contributed by atoms with E-state index in [2.05, 4.69) is 31.9 Å².